The van der Waals surface area contributed by atoms with Crippen LogP contribution in [0.3, 0.4) is 0 Å². The van der Waals surface area contributed by atoms with Crippen molar-refractivity contribution in [2.75, 3.05) is 11.9 Å². The van der Waals surface area contributed by atoms with Crippen molar-refractivity contribution in [3.8, 4) is 0 Å². The molecule has 5 nitrogen and oxygen atoms in total. The van der Waals surface area contributed by atoms with Gasteiger partial charge in [0.05, 0.1) is 5.69 Å². The number of urea groups is 1. The standard InChI is InChI=1S/C14H17ClN4O/c1-11-7-10-19(18-11)9-2-8-16-14(20)17-13-5-3-12(15)4-6-13/h3-7,10H,2,8-9H2,1H3,(H2,16,17,20). The quantitative estimate of drug-likeness (QED) is 0.832. The zero-order chi connectivity index (χ0) is 14.4. The van der Waals surface area contributed by atoms with E-state index >= 15 is 0 Å². The summed E-state index contributed by atoms with van der Waals surface area (Å²) in [4.78, 5) is 11.6. The van der Waals surface area contributed by atoms with Crippen LogP contribution < -0.4 is 10.6 Å². The molecule has 1 aromatic heterocycles. The molecule has 1 aromatic carbocycles. The molecule has 1 heterocycles. The first kappa shape index (κ1) is 14.4. The van der Waals surface area contributed by atoms with Crippen molar-refractivity contribution in [3.05, 3.63) is 47.2 Å². The second-order valence-corrected chi connectivity index (χ2v) is 4.90. The second kappa shape index (κ2) is 6.96. The van der Waals surface area contributed by atoms with Gasteiger partial charge < -0.3 is 10.6 Å². The van der Waals surface area contributed by atoms with E-state index in [1.807, 2.05) is 23.9 Å². The Bertz CT molecular complexity index is 565. The zero-order valence-electron chi connectivity index (χ0n) is 11.3. The summed E-state index contributed by atoms with van der Waals surface area (Å²) in [6.45, 7) is 3.34. The Labute approximate surface area is 122 Å². The third kappa shape index (κ3) is 4.59. The number of nitrogens with zero attached hydrogens (tertiary/aromatic N) is 2. The first-order chi connectivity index (χ1) is 9.63. The molecule has 0 saturated carbocycles. The van der Waals surface area contributed by atoms with E-state index in [1.165, 1.54) is 0 Å². The third-order valence-corrected chi connectivity index (χ3v) is 2.98. The van der Waals surface area contributed by atoms with Crippen molar-refractivity contribution >= 4 is 23.3 Å². The highest BCUT2D eigenvalue weighted by Crippen LogP contribution is 2.12. The molecule has 0 bridgehead atoms. The minimum Gasteiger partial charge on any atom is -0.338 e. The molecule has 0 unspecified atom stereocenters. The summed E-state index contributed by atoms with van der Waals surface area (Å²) in [6.07, 6.45) is 2.76. The summed E-state index contributed by atoms with van der Waals surface area (Å²) in [7, 11) is 0. The average Bonchev–Trinajstić information content (AvgIpc) is 2.83. The van der Waals surface area contributed by atoms with E-state index in [1.54, 1.807) is 24.3 Å². The van der Waals surface area contributed by atoms with Gasteiger partial charge in [-0.1, -0.05) is 11.6 Å². The van der Waals surface area contributed by atoms with Gasteiger partial charge in [-0.05, 0) is 43.7 Å². The second-order valence-electron chi connectivity index (χ2n) is 4.46. The van der Waals surface area contributed by atoms with Gasteiger partial charge in [0.1, 0.15) is 0 Å². The number of aromatic nitrogens is 2. The number of halogens is 1. The lowest BCUT2D eigenvalue weighted by atomic mass is 10.3. The number of carbonyl (C=O) groups excluding carboxylic acids is 1. The zero-order valence-corrected chi connectivity index (χ0v) is 12.0. The summed E-state index contributed by atoms with van der Waals surface area (Å²) in [6, 6.07) is 8.72. The molecule has 0 fully saturated rings. The van der Waals surface area contributed by atoms with Crippen molar-refractivity contribution in [1.29, 1.82) is 0 Å². The number of aryl methyl sites for hydroxylation is 2. The van der Waals surface area contributed by atoms with Gasteiger partial charge >= 0.3 is 6.03 Å². The highest BCUT2D eigenvalue weighted by atomic mass is 35.5. The lowest BCUT2D eigenvalue weighted by molar-refractivity contribution is 0.251. The molecule has 0 aliphatic heterocycles. The molecule has 6 heteroatoms. The van der Waals surface area contributed by atoms with E-state index in [9.17, 15) is 4.79 Å². The topological polar surface area (TPSA) is 59.0 Å². The van der Waals surface area contributed by atoms with E-state index < -0.39 is 0 Å². The van der Waals surface area contributed by atoms with Crippen molar-refractivity contribution in [2.45, 2.75) is 19.9 Å². The van der Waals surface area contributed by atoms with Crippen LogP contribution in [0.5, 0.6) is 0 Å². The largest absolute Gasteiger partial charge is 0.338 e. The third-order valence-electron chi connectivity index (χ3n) is 2.73. The maximum Gasteiger partial charge on any atom is 0.319 e. The van der Waals surface area contributed by atoms with Crippen LogP contribution in [0.15, 0.2) is 36.5 Å². The molecule has 2 rings (SSSR count). The van der Waals surface area contributed by atoms with Gasteiger partial charge in [0.25, 0.3) is 0 Å². The van der Waals surface area contributed by atoms with Crippen LogP contribution >= 0.6 is 11.6 Å². The van der Waals surface area contributed by atoms with Crippen LogP contribution in [0.25, 0.3) is 0 Å². The molecule has 0 aliphatic rings. The fourth-order valence-corrected chi connectivity index (χ4v) is 1.87. The molecule has 0 radical (unpaired) electrons. The minimum absolute atomic E-state index is 0.219. The normalized spacial score (nSPS) is 10.3. The molecule has 2 amide bonds. The Morgan fingerprint density at radius 1 is 1.30 bits per heavy atom. The van der Waals surface area contributed by atoms with Gasteiger partial charge in [-0.2, -0.15) is 5.10 Å². The molecule has 20 heavy (non-hydrogen) atoms. The Morgan fingerprint density at radius 3 is 2.70 bits per heavy atom. The SMILES string of the molecule is Cc1ccn(CCCNC(=O)Nc2ccc(Cl)cc2)n1. The molecular weight excluding hydrogens is 276 g/mol. The summed E-state index contributed by atoms with van der Waals surface area (Å²) >= 11 is 5.77. The number of amides is 2. The van der Waals surface area contributed by atoms with Crippen molar-refractivity contribution in [2.24, 2.45) is 0 Å². The average molecular weight is 293 g/mol. The fourth-order valence-electron chi connectivity index (χ4n) is 1.74. The van der Waals surface area contributed by atoms with Crippen molar-refractivity contribution in [1.82, 2.24) is 15.1 Å². The molecule has 0 atom stereocenters. The molecule has 0 saturated heterocycles. The van der Waals surface area contributed by atoms with Crippen molar-refractivity contribution in [3.63, 3.8) is 0 Å². The van der Waals surface area contributed by atoms with Crippen molar-refractivity contribution < 1.29 is 4.79 Å². The predicted octanol–water partition coefficient (Wildman–Crippen LogP) is 3.06. The van der Waals surface area contributed by atoms with E-state index in [0.717, 1.165) is 24.3 Å². The Balaban J connectivity index is 1.66. The van der Waals surface area contributed by atoms with Gasteiger partial charge in [0.15, 0.2) is 0 Å². The van der Waals surface area contributed by atoms with E-state index in [0.29, 0.717) is 11.6 Å². The number of benzene rings is 1. The van der Waals surface area contributed by atoms with E-state index in [4.69, 9.17) is 11.6 Å². The molecule has 2 aromatic rings. The molecule has 106 valence electrons. The Hall–Kier alpha value is -2.01. The number of hydrogen-bond donors (Lipinski definition) is 2. The summed E-state index contributed by atoms with van der Waals surface area (Å²) < 4.78 is 1.87. The monoisotopic (exact) mass is 292 g/mol. The number of hydrogen-bond acceptors (Lipinski definition) is 2. The summed E-state index contributed by atoms with van der Waals surface area (Å²) in [5.74, 6) is 0. The van der Waals surface area contributed by atoms with Gasteiger partial charge in [-0.25, -0.2) is 4.79 Å². The molecular formula is C14H17ClN4O. The highest BCUT2D eigenvalue weighted by molar-refractivity contribution is 6.30. The number of carbonyl (C=O) groups is 1. The van der Waals surface area contributed by atoms with Crippen LogP contribution in [0.2, 0.25) is 5.02 Å². The summed E-state index contributed by atoms with van der Waals surface area (Å²) in [5, 5.41) is 10.5. The fraction of sp³-hybridized carbons (Fsp3) is 0.286. The van der Waals surface area contributed by atoms with Gasteiger partial charge in [0, 0.05) is 30.0 Å². The summed E-state index contributed by atoms with van der Waals surface area (Å²) in [5.41, 5.74) is 1.72. The lowest BCUT2D eigenvalue weighted by Gasteiger charge is -2.07. The maximum absolute atomic E-state index is 11.6. The maximum atomic E-state index is 11.6. The Morgan fingerprint density at radius 2 is 2.05 bits per heavy atom. The minimum atomic E-state index is -0.219. The smallest absolute Gasteiger partial charge is 0.319 e. The van der Waals surface area contributed by atoms with E-state index in [2.05, 4.69) is 15.7 Å². The van der Waals surface area contributed by atoms with Crippen LogP contribution in [0.4, 0.5) is 10.5 Å². The lowest BCUT2D eigenvalue weighted by Crippen LogP contribution is -2.30. The van der Waals surface area contributed by atoms with Crippen LogP contribution in [0.1, 0.15) is 12.1 Å². The van der Waals surface area contributed by atoms with Crippen LogP contribution in [0, 0.1) is 6.92 Å². The predicted molar refractivity (Wildman–Crippen MR) is 80.1 cm³/mol. The number of nitrogens with one attached hydrogen (secondary N) is 2. The molecule has 2 N–H and O–H groups in total. The molecule has 0 spiro atoms. The van der Waals surface area contributed by atoms with E-state index in [-0.39, 0.29) is 6.03 Å². The first-order valence-corrected chi connectivity index (χ1v) is 6.82. The number of rotatable bonds is 5. The van der Waals surface area contributed by atoms with Gasteiger partial charge in [0.2, 0.25) is 0 Å². The van der Waals surface area contributed by atoms with Gasteiger partial charge in [-0.15, -0.1) is 0 Å². The van der Waals surface area contributed by atoms with Gasteiger partial charge in [-0.3, -0.25) is 4.68 Å². The first-order valence-electron chi connectivity index (χ1n) is 6.44. The Kier molecular flexibility index (Phi) is 5.01. The van der Waals surface area contributed by atoms with Crippen LogP contribution in [-0.2, 0) is 6.54 Å². The highest BCUT2D eigenvalue weighted by Gasteiger charge is 2.01. The van der Waals surface area contributed by atoms with Crippen LogP contribution in [-0.4, -0.2) is 22.4 Å². The molecule has 0 aliphatic carbocycles. The number of anilines is 1.